The third kappa shape index (κ3) is 5.09. The van der Waals surface area contributed by atoms with Crippen molar-refractivity contribution in [2.45, 2.75) is 40.0 Å². The van der Waals surface area contributed by atoms with E-state index in [-0.39, 0.29) is 0 Å². The highest BCUT2D eigenvalue weighted by Crippen LogP contribution is 2.17. The minimum absolute atomic E-state index is 0.421. The summed E-state index contributed by atoms with van der Waals surface area (Å²) in [5.41, 5.74) is 0.421. The van der Waals surface area contributed by atoms with E-state index in [0.29, 0.717) is 5.41 Å². The molecule has 0 aromatic rings. The maximum Gasteiger partial charge on any atom is -0.000000731 e. The highest BCUT2D eigenvalue weighted by Gasteiger charge is 2.12. The highest BCUT2D eigenvalue weighted by molar-refractivity contribution is 4.90. The summed E-state index contributed by atoms with van der Waals surface area (Å²) in [4.78, 5) is 0. The summed E-state index contributed by atoms with van der Waals surface area (Å²) in [6.45, 7) is 9.16. The molecule has 0 fully saturated rings. The molecular weight excluding hydrogens is 158 g/mol. The van der Waals surface area contributed by atoms with Gasteiger partial charge in [-0.2, -0.15) is 0 Å². The van der Waals surface area contributed by atoms with Crippen LogP contribution < -0.4 is 5.32 Å². The Labute approximate surface area is 82.6 Å². The van der Waals surface area contributed by atoms with Gasteiger partial charge >= 0.3 is 0 Å². The van der Waals surface area contributed by atoms with Crippen LogP contribution >= 0.6 is 0 Å². The van der Waals surface area contributed by atoms with E-state index in [2.05, 4.69) is 38.2 Å². The second kappa shape index (κ2) is 4.80. The van der Waals surface area contributed by atoms with Crippen molar-refractivity contribution in [1.29, 1.82) is 0 Å². The molecular formula is C12H23N. The van der Waals surface area contributed by atoms with Crippen molar-refractivity contribution in [1.82, 2.24) is 5.32 Å². The van der Waals surface area contributed by atoms with E-state index in [0.717, 1.165) is 12.5 Å². The quantitative estimate of drug-likeness (QED) is 0.660. The predicted molar refractivity (Wildman–Crippen MR) is 58.8 cm³/mol. The van der Waals surface area contributed by atoms with Crippen LogP contribution in [0, 0.1) is 11.3 Å². The van der Waals surface area contributed by atoms with Crippen molar-refractivity contribution in [2.24, 2.45) is 11.3 Å². The molecule has 0 saturated heterocycles. The lowest BCUT2D eigenvalue weighted by Gasteiger charge is -2.23. The molecule has 1 rings (SSSR count). The standard InChI is InChI=1S/C12H23N/c1-12(2,3)10-13-9-11-7-5-4-6-8-11/h4-5,11,13H,6-10H2,1-3H3. The number of rotatable bonds is 3. The van der Waals surface area contributed by atoms with Gasteiger partial charge in [0.1, 0.15) is 0 Å². The molecule has 0 aliphatic heterocycles. The molecule has 13 heavy (non-hydrogen) atoms. The van der Waals surface area contributed by atoms with Crippen LogP contribution in [0.5, 0.6) is 0 Å². The van der Waals surface area contributed by atoms with E-state index in [9.17, 15) is 0 Å². The molecule has 1 aliphatic rings. The van der Waals surface area contributed by atoms with Crippen molar-refractivity contribution in [3.8, 4) is 0 Å². The SMILES string of the molecule is CC(C)(C)CNCC1CC=CCC1. The summed E-state index contributed by atoms with van der Waals surface area (Å²) in [7, 11) is 0. The minimum Gasteiger partial charge on any atom is -0.316 e. The molecule has 1 heteroatoms. The van der Waals surface area contributed by atoms with Gasteiger partial charge in [0.05, 0.1) is 0 Å². The van der Waals surface area contributed by atoms with E-state index in [1.807, 2.05) is 0 Å². The van der Waals surface area contributed by atoms with Crippen LogP contribution in [0.15, 0.2) is 12.2 Å². The average Bonchev–Trinajstić information content (AvgIpc) is 2.04. The Kier molecular flexibility index (Phi) is 3.98. The van der Waals surface area contributed by atoms with Gasteiger partial charge in [-0.1, -0.05) is 32.9 Å². The molecule has 0 amide bonds. The first kappa shape index (κ1) is 10.8. The molecule has 76 valence electrons. The van der Waals surface area contributed by atoms with Crippen LogP contribution in [0.25, 0.3) is 0 Å². The molecule has 0 bridgehead atoms. The zero-order valence-electron chi connectivity index (χ0n) is 9.27. The van der Waals surface area contributed by atoms with Gasteiger partial charge in [-0.05, 0) is 43.7 Å². The molecule has 1 unspecified atom stereocenters. The van der Waals surface area contributed by atoms with Gasteiger partial charge in [0, 0.05) is 0 Å². The molecule has 1 nitrogen and oxygen atoms in total. The van der Waals surface area contributed by atoms with Crippen molar-refractivity contribution < 1.29 is 0 Å². The van der Waals surface area contributed by atoms with Gasteiger partial charge in [0.2, 0.25) is 0 Å². The van der Waals surface area contributed by atoms with Crippen LogP contribution in [-0.2, 0) is 0 Å². The molecule has 0 radical (unpaired) electrons. The predicted octanol–water partition coefficient (Wildman–Crippen LogP) is 2.98. The topological polar surface area (TPSA) is 12.0 Å². The molecule has 1 N–H and O–H groups in total. The first-order valence-corrected chi connectivity index (χ1v) is 5.44. The molecule has 0 aromatic carbocycles. The Morgan fingerprint density at radius 2 is 2.08 bits per heavy atom. The van der Waals surface area contributed by atoms with E-state index in [1.165, 1.54) is 25.8 Å². The lowest BCUT2D eigenvalue weighted by molar-refractivity contribution is 0.349. The summed E-state index contributed by atoms with van der Waals surface area (Å²) >= 11 is 0. The third-order valence-corrected chi connectivity index (χ3v) is 2.47. The number of hydrogen-bond acceptors (Lipinski definition) is 1. The number of nitrogens with one attached hydrogen (secondary N) is 1. The fourth-order valence-electron chi connectivity index (χ4n) is 1.69. The summed E-state index contributed by atoms with van der Waals surface area (Å²) in [6, 6.07) is 0. The molecule has 1 aliphatic carbocycles. The van der Waals surface area contributed by atoms with Crippen molar-refractivity contribution >= 4 is 0 Å². The Bertz CT molecular complexity index is 164. The average molecular weight is 181 g/mol. The zero-order chi connectivity index (χ0) is 9.73. The molecule has 1 atom stereocenters. The maximum absolute atomic E-state index is 3.56. The molecule has 0 heterocycles. The minimum atomic E-state index is 0.421. The smallest absolute Gasteiger partial charge is 0.000000731 e. The van der Waals surface area contributed by atoms with Crippen molar-refractivity contribution in [3.63, 3.8) is 0 Å². The number of allylic oxidation sites excluding steroid dienone is 2. The first-order valence-electron chi connectivity index (χ1n) is 5.44. The van der Waals surface area contributed by atoms with Gasteiger partial charge in [-0.25, -0.2) is 0 Å². The summed E-state index contributed by atoms with van der Waals surface area (Å²) in [6.07, 6.45) is 8.56. The van der Waals surface area contributed by atoms with Crippen LogP contribution in [0.4, 0.5) is 0 Å². The lowest BCUT2D eigenvalue weighted by atomic mass is 9.93. The first-order chi connectivity index (χ1) is 6.08. The van der Waals surface area contributed by atoms with E-state index in [4.69, 9.17) is 0 Å². The Hall–Kier alpha value is -0.300. The van der Waals surface area contributed by atoms with Gasteiger partial charge in [0.15, 0.2) is 0 Å². The Morgan fingerprint density at radius 3 is 2.62 bits per heavy atom. The highest BCUT2D eigenvalue weighted by atomic mass is 14.9. The van der Waals surface area contributed by atoms with Gasteiger partial charge in [-0.15, -0.1) is 0 Å². The second-order valence-corrected chi connectivity index (χ2v) is 5.34. The van der Waals surface area contributed by atoms with Crippen LogP contribution in [0.3, 0.4) is 0 Å². The van der Waals surface area contributed by atoms with Crippen molar-refractivity contribution in [2.75, 3.05) is 13.1 Å². The molecule has 0 aromatic heterocycles. The molecule has 0 spiro atoms. The Morgan fingerprint density at radius 1 is 1.31 bits per heavy atom. The van der Waals surface area contributed by atoms with Gasteiger partial charge < -0.3 is 5.32 Å². The summed E-state index contributed by atoms with van der Waals surface area (Å²) in [5, 5.41) is 3.56. The number of hydrogen-bond donors (Lipinski definition) is 1. The third-order valence-electron chi connectivity index (χ3n) is 2.47. The summed E-state index contributed by atoms with van der Waals surface area (Å²) < 4.78 is 0. The largest absolute Gasteiger partial charge is 0.316 e. The fourth-order valence-corrected chi connectivity index (χ4v) is 1.69. The van der Waals surface area contributed by atoms with Crippen LogP contribution in [0.2, 0.25) is 0 Å². The second-order valence-electron chi connectivity index (χ2n) is 5.34. The van der Waals surface area contributed by atoms with Gasteiger partial charge in [-0.3, -0.25) is 0 Å². The van der Waals surface area contributed by atoms with Crippen LogP contribution in [0.1, 0.15) is 40.0 Å². The van der Waals surface area contributed by atoms with E-state index < -0.39 is 0 Å². The molecule has 0 saturated carbocycles. The normalized spacial score (nSPS) is 23.5. The van der Waals surface area contributed by atoms with Gasteiger partial charge in [0.25, 0.3) is 0 Å². The zero-order valence-corrected chi connectivity index (χ0v) is 9.27. The van der Waals surface area contributed by atoms with E-state index in [1.54, 1.807) is 0 Å². The maximum atomic E-state index is 3.56. The fraction of sp³-hybridized carbons (Fsp3) is 0.833. The van der Waals surface area contributed by atoms with E-state index >= 15 is 0 Å². The monoisotopic (exact) mass is 181 g/mol. The van der Waals surface area contributed by atoms with Crippen LogP contribution in [-0.4, -0.2) is 13.1 Å². The van der Waals surface area contributed by atoms with Crippen molar-refractivity contribution in [3.05, 3.63) is 12.2 Å². The summed E-state index contributed by atoms with van der Waals surface area (Å²) in [5.74, 6) is 0.882. The Balaban J connectivity index is 2.09. The lowest BCUT2D eigenvalue weighted by Crippen LogP contribution is -2.31.